The van der Waals surface area contributed by atoms with Crippen LogP contribution in [0.3, 0.4) is 0 Å². The highest BCUT2D eigenvalue weighted by Crippen LogP contribution is 2.25. The largest absolute Gasteiger partial charge is 0.497 e. The summed E-state index contributed by atoms with van der Waals surface area (Å²) in [4.78, 5) is 28.7. The number of ether oxygens (including phenoxy) is 1. The Bertz CT molecular complexity index is 1170. The summed E-state index contributed by atoms with van der Waals surface area (Å²) in [6, 6.07) is 21.9. The van der Waals surface area contributed by atoms with Crippen molar-refractivity contribution in [2.24, 2.45) is 0 Å². The SMILES string of the molecule is COc1ccc(CSCC(=O)N(Cc2ccc(Cl)cc2Cl)C(Cc2ccccc2)C(=O)NC(C)C)cc1. The molecule has 0 aliphatic carbocycles. The molecule has 2 amide bonds. The molecule has 3 aromatic rings. The van der Waals surface area contributed by atoms with Crippen LogP contribution in [-0.4, -0.2) is 41.7 Å². The summed E-state index contributed by atoms with van der Waals surface area (Å²) in [6.07, 6.45) is 0.388. The number of nitrogens with zero attached hydrogens (tertiary/aromatic N) is 1. The van der Waals surface area contributed by atoms with Crippen molar-refractivity contribution in [3.63, 3.8) is 0 Å². The molecule has 0 saturated carbocycles. The van der Waals surface area contributed by atoms with Crippen molar-refractivity contribution in [3.05, 3.63) is 99.5 Å². The normalized spacial score (nSPS) is 11.7. The number of methoxy groups -OCH3 is 1. The molecule has 0 aromatic heterocycles. The summed E-state index contributed by atoms with van der Waals surface area (Å²) < 4.78 is 5.22. The Labute approximate surface area is 233 Å². The van der Waals surface area contributed by atoms with Crippen molar-refractivity contribution in [2.45, 2.75) is 44.6 Å². The van der Waals surface area contributed by atoms with Gasteiger partial charge in [0, 0.05) is 34.8 Å². The molecular weight excluding hydrogens is 527 g/mol. The van der Waals surface area contributed by atoms with Crippen molar-refractivity contribution in [3.8, 4) is 5.75 Å². The Morgan fingerprint density at radius 3 is 2.30 bits per heavy atom. The van der Waals surface area contributed by atoms with Crippen LogP contribution < -0.4 is 10.1 Å². The first-order valence-corrected chi connectivity index (χ1v) is 14.0. The molecule has 0 aliphatic rings. The van der Waals surface area contributed by atoms with Crippen LogP contribution in [0.1, 0.15) is 30.5 Å². The first-order valence-electron chi connectivity index (χ1n) is 12.0. The number of carbonyl (C=O) groups is 2. The molecule has 37 heavy (non-hydrogen) atoms. The van der Waals surface area contributed by atoms with Gasteiger partial charge in [0.1, 0.15) is 11.8 Å². The molecule has 1 unspecified atom stereocenters. The van der Waals surface area contributed by atoms with E-state index in [4.69, 9.17) is 27.9 Å². The van der Waals surface area contributed by atoms with Crippen LogP contribution in [0.25, 0.3) is 0 Å². The van der Waals surface area contributed by atoms with Gasteiger partial charge in [-0.1, -0.05) is 71.7 Å². The minimum Gasteiger partial charge on any atom is -0.497 e. The fourth-order valence-electron chi connectivity index (χ4n) is 3.83. The molecule has 5 nitrogen and oxygen atoms in total. The van der Waals surface area contributed by atoms with Crippen LogP contribution in [0.2, 0.25) is 10.0 Å². The predicted octanol–water partition coefficient (Wildman–Crippen LogP) is 6.40. The maximum absolute atomic E-state index is 13.7. The lowest BCUT2D eigenvalue weighted by molar-refractivity contribution is -0.139. The lowest BCUT2D eigenvalue weighted by Gasteiger charge is -2.32. The minimum absolute atomic E-state index is 0.0636. The van der Waals surface area contributed by atoms with Gasteiger partial charge >= 0.3 is 0 Å². The average Bonchev–Trinajstić information content (AvgIpc) is 2.87. The highest BCUT2D eigenvalue weighted by Gasteiger charge is 2.31. The third-order valence-electron chi connectivity index (χ3n) is 5.71. The topological polar surface area (TPSA) is 58.6 Å². The maximum Gasteiger partial charge on any atom is 0.243 e. The molecule has 8 heteroatoms. The number of carbonyl (C=O) groups excluding carboxylic acids is 2. The van der Waals surface area contributed by atoms with E-state index in [0.717, 1.165) is 22.4 Å². The molecule has 0 aliphatic heterocycles. The number of hydrogen-bond donors (Lipinski definition) is 1. The van der Waals surface area contributed by atoms with Gasteiger partial charge < -0.3 is 15.0 Å². The van der Waals surface area contributed by atoms with Gasteiger partial charge in [-0.15, -0.1) is 11.8 Å². The summed E-state index contributed by atoms with van der Waals surface area (Å²) in [6.45, 7) is 4.01. The van der Waals surface area contributed by atoms with Crippen molar-refractivity contribution in [1.29, 1.82) is 0 Å². The second kappa shape index (κ2) is 14.3. The zero-order valence-corrected chi connectivity index (χ0v) is 23.6. The molecule has 0 bridgehead atoms. The Morgan fingerprint density at radius 2 is 1.68 bits per heavy atom. The quantitative estimate of drug-likeness (QED) is 0.279. The summed E-state index contributed by atoms with van der Waals surface area (Å²) in [5, 5.41) is 3.97. The molecule has 1 atom stereocenters. The second-order valence-electron chi connectivity index (χ2n) is 8.97. The Morgan fingerprint density at radius 1 is 0.973 bits per heavy atom. The highest BCUT2D eigenvalue weighted by molar-refractivity contribution is 7.99. The average molecular weight is 560 g/mol. The zero-order valence-electron chi connectivity index (χ0n) is 21.2. The number of hydrogen-bond acceptors (Lipinski definition) is 4. The first kappa shape index (κ1) is 28.9. The molecule has 196 valence electrons. The van der Waals surface area contributed by atoms with Crippen molar-refractivity contribution < 1.29 is 14.3 Å². The Balaban J connectivity index is 1.85. The molecule has 0 heterocycles. The van der Waals surface area contributed by atoms with Crippen molar-refractivity contribution >= 4 is 46.8 Å². The molecule has 1 N–H and O–H groups in total. The lowest BCUT2D eigenvalue weighted by atomic mass is 10.0. The van der Waals surface area contributed by atoms with Crippen molar-refractivity contribution in [2.75, 3.05) is 12.9 Å². The number of nitrogens with one attached hydrogen (secondary N) is 1. The van der Waals surface area contributed by atoms with E-state index in [1.165, 1.54) is 11.8 Å². The standard InChI is InChI=1S/C29H32Cl2N2O3S/c1-20(2)32-29(35)27(15-21-7-5-4-6-8-21)33(17-23-11-12-24(30)16-26(23)31)28(34)19-37-18-22-9-13-25(36-3)14-10-22/h4-14,16,20,27H,15,17-19H2,1-3H3,(H,32,35). The predicted molar refractivity (Wildman–Crippen MR) is 153 cm³/mol. The number of rotatable bonds is 12. The van der Waals surface area contributed by atoms with Crippen LogP contribution in [0, 0.1) is 0 Å². The van der Waals surface area contributed by atoms with Crippen LogP contribution in [0.4, 0.5) is 0 Å². The van der Waals surface area contributed by atoms with E-state index >= 15 is 0 Å². The molecule has 3 aromatic carbocycles. The molecule has 0 fully saturated rings. The van der Waals surface area contributed by atoms with Crippen LogP contribution in [-0.2, 0) is 28.3 Å². The first-order chi connectivity index (χ1) is 17.8. The summed E-state index contributed by atoms with van der Waals surface area (Å²) in [7, 11) is 1.63. The monoisotopic (exact) mass is 558 g/mol. The zero-order chi connectivity index (χ0) is 26.8. The highest BCUT2D eigenvalue weighted by atomic mass is 35.5. The number of halogens is 2. The smallest absolute Gasteiger partial charge is 0.243 e. The summed E-state index contributed by atoms with van der Waals surface area (Å²) >= 11 is 14.1. The maximum atomic E-state index is 13.7. The van der Waals surface area contributed by atoms with Gasteiger partial charge in [-0.05, 0) is 54.8 Å². The number of benzene rings is 3. The van der Waals surface area contributed by atoms with Crippen LogP contribution >= 0.6 is 35.0 Å². The van der Waals surface area contributed by atoms with E-state index in [1.54, 1.807) is 30.2 Å². The van der Waals surface area contributed by atoms with Crippen LogP contribution in [0.15, 0.2) is 72.8 Å². The van der Waals surface area contributed by atoms with Gasteiger partial charge in [0.2, 0.25) is 11.8 Å². The fraction of sp³-hybridized carbons (Fsp3) is 0.310. The second-order valence-corrected chi connectivity index (χ2v) is 10.8. The molecule has 0 spiro atoms. The van der Waals surface area contributed by atoms with E-state index in [0.29, 0.717) is 22.2 Å². The van der Waals surface area contributed by atoms with Gasteiger partial charge in [0.05, 0.1) is 12.9 Å². The minimum atomic E-state index is -0.703. The Hall–Kier alpha value is -2.67. The van der Waals surface area contributed by atoms with Gasteiger partial charge in [-0.3, -0.25) is 9.59 Å². The fourth-order valence-corrected chi connectivity index (χ4v) is 5.17. The van der Waals surface area contributed by atoms with Crippen LogP contribution in [0.5, 0.6) is 5.75 Å². The van der Waals surface area contributed by atoms with E-state index in [2.05, 4.69) is 5.32 Å². The van der Waals surface area contributed by atoms with E-state index in [-0.39, 0.29) is 30.2 Å². The number of thioether (sulfide) groups is 1. The summed E-state index contributed by atoms with van der Waals surface area (Å²) in [5.41, 5.74) is 2.79. The van der Waals surface area contributed by atoms with Gasteiger partial charge in [-0.25, -0.2) is 0 Å². The molecule has 0 radical (unpaired) electrons. The summed E-state index contributed by atoms with van der Waals surface area (Å²) in [5.74, 6) is 1.34. The Kier molecular flexibility index (Phi) is 11.2. The van der Waals surface area contributed by atoms with E-state index < -0.39 is 6.04 Å². The van der Waals surface area contributed by atoms with Crippen molar-refractivity contribution in [1.82, 2.24) is 10.2 Å². The third kappa shape index (κ3) is 8.99. The lowest BCUT2D eigenvalue weighted by Crippen LogP contribution is -2.52. The molecule has 0 saturated heterocycles. The van der Waals surface area contributed by atoms with Gasteiger partial charge in [0.25, 0.3) is 0 Å². The van der Waals surface area contributed by atoms with Gasteiger partial charge in [-0.2, -0.15) is 0 Å². The third-order valence-corrected chi connectivity index (χ3v) is 7.29. The van der Waals surface area contributed by atoms with E-state index in [9.17, 15) is 9.59 Å². The van der Waals surface area contributed by atoms with Gasteiger partial charge in [0.15, 0.2) is 0 Å². The molecule has 3 rings (SSSR count). The molecular formula is C29H32Cl2N2O3S. The van der Waals surface area contributed by atoms with E-state index in [1.807, 2.05) is 68.4 Å². The number of amides is 2.